The molecule has 0 unspecified atom stereocenters. The van der Waals surface area contributed by atoms with Gasteiger partial charge in [0.25, 0.3) is 5.91 Å². The minimum absolute atomic E-state index is 0.109. The number of carbonyl (C=O) groups is 2. The third-order valence-electron chi connectivity index (χ3n) is 4.05. The van der Waals surface area contributed by atoms with E-state index >= 15 is 0 Å². The van der Waals surface area contributed by atoms with Crippen LogP contribution in [-0.2, 0) is 24.6 Å². The summed E-state index contributed by atoms with van der Waals surface area (Å²) in [5.41, 5.74) is -0.683. The van der Waals surface area contributed by atoms with Gasteiger partial charge in [0.1, 0.15) is 5.69 Å². The van der Waals surface area contributed by atoms with Crippen molar-refractivity contribution in [2.45, 2.75) is 39.9 Å². The molecule has 12 heteroatoms. The van der Waals surface area contributed by atoms with E-state index in [2.05, 4.69) is 20.8 Å². The molecule has 0 atom stereocenters. The highest BCUT2D eigenvalue weighted by Crippen LogP contribution is 2.35. The molecule has 2 amide bonds. The first-order valence-electron chi connectivity index (χ1n) is 8.82. The van der Waals surface area contributed by atoms with Crippen molar-refractivity contribution >= 4 is 29.1 Å². The second-order valence-corrected chi connectivity index (χ2v) is 7.28. The summed E-state index contributed by atoms with van der Waals surface area (Å²) in [6.45, 7) is 5.63. The van der Waals surface area contributed by atoms with Gasteiger partial charge in [-0.1, -0.05) is 25.4 Å². The quantitative estimate of drug-likeness (QED) is 0.700. The van der Waals surface area contributed by atoms with Crippen LogP contribution in [0, 0.1) is 12.8 Å². The number of hydrogen-bond acceptors (Lipinski definition) is 4. The zero-order valence-electron chi connectivity index (χ0n) is 16.4. The van der Waals surface area contributed by atoms with E-state index in [0.717, 1.165) is 4.68 Å². The molecule has 2 aromatic heterocycles. The molecule has 0 aliphatic carbocycles. The predicted octanol–water partition coefficient (Wildman–Crippen LogP) is 3.01. The zero-order valence-corrected chi connectivity index (χ0v) is 17.1. The smallest absolute Gasteiger partial charge is 0.350 e. The Labute approximate surface area is 170 Å². The van der Waals surface area contributed by atoms with Crippen LogP contribution in [0.4, 0.5) is 18.9 Å². The fraction of sp³-hybridized carbons (Fsp3) is 0.529. The number of hydrogen-bond donors (Lipinski definition) is 2. The van der Waals surface area contributed by atoms with Gasteiger partial charge in [-0.3, -0.25) is 19.0 Å². The molecule has 0 saturated carbocycles. The number of nitrogens with one attached hydrogen (secondary N) is 2. The van der Waals surface area contributed by atoms with E-state index in [1.807, 2.05) is 13.8 Å². The lowest BCUT2D eigenvalue weighted by Crippen LogP contribution is -2.30. The van der Waals surface area contributed by atoms with Crippen LogP contribution in [0.2, 0.25) is 5.02 Å². The van der Waals surface area contributed by atoms with E-state index in [1.54, 1.807) is 7.05 Å². The molecular formula is C17H22ClF3N6O2. The normalized spacial score (nSPS) is 11.8. The molecule has 2 aromatic rings. The second-order valence-electron chi connectivity index (χ2n) is 6.90. The summed E-state index contributed by atoms with van der Waals surface area (Å²) in [6.07, 6.45) is -3.51. The van der Waals surface area contributed by atoms with Gasteiger partial charge in [-0.25, -0.2) is 0 Å². The number of aryl methyl sites for hydroxylation is 2. The number of aromatic nitrogens is 4. The predicted molar refractivity (Wildman–Crippen MR) is 101 cm³/mol. The van der Waals surface area contributed by atoms with E-state index in [0.29, 0.717) is 6.54 Å². The van der Waals surface area contributed by atoms with Crippen LogP contribution in [0.1, 0.15) is 42.1 Å². The maximum atomic E-state index is 12.9. The van der Waals surface area contributed by atoms with E-state index in [-0.39, 0.29) is 36.0 Å². The maximum absolute atomic E-state index is 12.9. The van der Waals surface area contributed by atoms with Gasteiger partial charge in [-0.05, 0) is 12.8 Å². The van der Waals surface area contributed by atoms with Crippen molar-refractivity contribution in [1.82, 2.24) is 24.9 Å². The number of carbonyl (C=O) groups excluding carboxylic acids is 2. The first kappa shape index (κ1) is 22.7. The van der Waals surface area contributed by atoms with Gasteiger partial charge in [0.05, 0.1) is 29.1 Å². The van der Waals surface area contributed by atoms with E-state index in [4.69, 9.17) is 11.6 Å². The van der Waals surface area contributed by atoms with Crippen LogP contribution >= 0.6 is 11.6 Å². The summed E-state index contributed by atoms with van der Waals surface area (Å²) in [6, 6.07) is 0. The summed E-state index contributed by atoms with van der Waals surface area (Å²) < 4.78 is 41.0. The molecule has 0 fully saturated rings. The van der Waals surface area contributed by atoms with Crippen molar-refractivity contribution in [1.29, 1.82) is 0 Å². The van der Waals surface area contributed by atoms with Gasteiger partial charge < -0.3 is 10.6 Å². The third kappa shape index (κ3) is 5.49. The van der Waals surface area contributed by atoms with E-state index < -0.39 is 28.7 Å². The first-order valence-corrected chi connectivity index (χ1v) is 9.19. The topological polar surface area (TPSA) is 93.8 Å². The lowest BCUT2D eigenvalue weighted by molar-refractivity contribution is -0.141. The number of halogens is 4. The molecule has 2 N–H and O–H groups in total. The highest BCUT2D eigenvalue weighted by Gasteiger charge is 2.38. The molecule has 8 nitrogen and oxygen atoms in total. The van der Waals surface area contributed by atoms with Crippen LogP contribution in [0.3, 0.4) is 0 Å². The maximum Gasteiger partial charge on any atom is 0.436 e. The van der Waals surface area contributed by atoms with Gasteiger partial charge in [0, 0.05) is 20.0 Å². The molecule has 0 spiro atoms. The minimum atomic E-state index is -4.68. The van der Waals surface area contributed by atoms with Gasteiger partial charge in [0.2, 0.25) is 5.91 Å². The number of anilines is 1. The van der Waals surface area contributed by atoms with Gasteiger partial charge in [-0.15, -0.1) is 0 Å². The average Bonchev–Trinajstić information content (AvgIpc) is 3.11. The number of rotatable bonds is 7. The zero-order chi connectivity index (χ0) is 21.9. The lowest BCUT2D eigenvalue weighted by Gasteiger charge is -2.10. The van der Waals surface area contributed by atoms with Crippen molar-refractivity contribution in [3.05, 3.63) is 28.3 Å². The molecule has 2 rings (SSSR count). The Morgan fingerprint density at radius 2 is 1.97 bits per heavy atom. The monoisotopic (exact) mass is 434 g/mol. The Kier molecular flexibility index (Phi) is 6.93. The standard InChI is InChI=1S/C17H22ClF3N6O2/c1-9(2)7-22-16(29)14-11(8-23-26(14)4)24-12(28)5-6-27-10(3)13(18)15(25-27)17(19,20)21/h8-9H,5-7H2,1-4H3,(H,22,29)(H,24,28). The molecule has 29 heavy (non-hydrogen) atoms. The molecule has 0 aliphatic rings. The Bertz CT molecular complexity index is 904. The molecule has 0 saturated heterocycles. The minimum Gasteiger partial charge on any atom is -0.350 e. The average molecular weight is 435 g/mol. The van der Waals surface area contributed by atoms with Crippen molar-refractivity contribution in [3.63, 3.8) is 0 Å². The highest BCUT2D eigenvalue weighted by molar-refractivity contribution is 6.31. The summed E-state index contributed by atoms with van der Waals surface area (Å²) in [5, 5.41) is 12.2. The van der Waals surface area contributed by atoms with Crippen LogP contribution in [0.15, 0.2) is 6.20 Å². The van der Waals surface area contributed by atoms with Crippen LogP contribution in [-0.4, -0.2) is 37.9 Å². The Morgan fingerprint density at radius 3 is 2.52 bits per heavy atom. The van der Waals surface area contributed by atoms with Crippen LogP contribution in [0.25, 0.3) is 0 Å². The highest BCUT2D eigenvalue weighted by atomic mass is 35.5. The lowest BCUT2D eigenvalue weighted by atomic mass is 10.2. The van der Waals surface area contributed by atoms with Crippen LogP contribution in [0.5, 0.6) is 0 Å². The SMILES string of the molecule is Cc1c(Cl)c(C(F)(F)F)nn1CCC(=O)Nc1cnn(C)c1C(=O)NCC(C)C. The summed E-state index contributed by atoms with van der Waals surface area (Å²) >= 11 is 5.69. The summed E-state index contributed by atoms with van der Waals surface area (Å²) in [4.78, 5) is 24.6. The Balaban J connectivity index is 2.05. The molecule has 2 heterocycles. The number of nitrogens with zero attached hydrogens (tertiary/aromatic N) is 4. The molecule has 0 bridgehead atoms. The molecule has 0 aliphatic heterocycles. The van der Waals surface area contributed by atoms with Gasteiger partial charge in [-0.2, -0.15) is 23.4 Å². The molecular weight excluding hydrogens is 413 g/mol. The third-order valence-corrected chi connectivity index (χ3v) is 4.50. The Morgan fingerprint density at radius 1 is 1.31 bits per heavy atom. The fourth-order valence-corrected chi connectivity index (χ4v) is 2.76. The van der Waals surface area contributed by atoms with Crippen molar-refractivity contribution < 1.29 is 22.8 Å². The number of alkyl halides is 3. The van der Waals surface area contributed by atoms with Crippen molar-refractivity contribution in [3.8, 4) is 0 Å². The summed E-state index contributed by atoms with van der Waals surface area (Å²) in [7, 11) is 1.56. The van der Waals surface area contributed by atoms with E-state index in [1.165, 1.54) is 17.8 Å². The van der Waals surface area contributed by atoms with Gasteiger partial charge >= 0.3 is 6.18 Å². The second kappa shape index (κ2) is 8.85. The fourth-order valence-electron chi connectivity index (χ4n) is 2.52. The Hall–Kier alpha value is -2.56. The van der Waals surface area contributed by atoms with Gasteiger partial charge in [0.15, 0.2) is 5.69 Å². The number of amides is 2. The molecule has 0 aromatic carbocycles. The first-order chi connectivity index (χ1) is 13.4. The summed E-state index contributed by atoms with van der Waals surface area (Å²) in [5.74, 6) is -0.648. The van der Waals surface area contributed by atoms with Crippen molar-refractivity contribution in [2.75, 3.05) is 11.9 Å². The molecule has 160 valence electrons. The van der Waals surface area contributed by atoms with Crippen molar-refractivity contribution in [2.24, 2.45) is 13.0 Å². The molecule has 0 radical (unpaired) electrons. The largest absolute Gasteiger partial charge is 0.436 e. The van der Waals surface area contributed by atoms with E-state index in [9.17, 15) is 22.8 Å². The van der Waals surface area contributed by atoms with Crippen LogP contribution < -0.4 is 10.6 Å².